The van der Waals surface area contributed by atoms with Gasteiger partial charge in [0.2, 0.25) is 0 Å². The second-order valence-corrected chi connectivity index (χ2v) is 6.38. The predicted octanol–water partition coefficient (Wildman–Crippen LogP) is 3.42. The predicted molar refractivity (Wildman–Crippen MR) is 78.4 cm³/mol. The third-order valence-corrected chi connectivity index (χ3v) is 4.25. The van der Waals surface area contributed by atoms with Crippen LogP contribution in [0.1, 0.15) is 18.9 Å². The Balaban J connectivity index is 2.01. The number of halogens is 2. The van der Waals surface area contributed by atoms with Crippen LogP contribution in [0.4, 0.5) is 0 Å². The van der Waals surface area contributed by atoms with E-state index in [1.807, 2.05) is 25.2 Å². The fourth-order valence-electron chi connectivity index (χ4n) is 2.74. The van der Waals surface area contributed by atoms with Crippen LogP contribution >= 0.6 is 23.2 Å². The highest BCUT2D eigenvalue weighted by molar-refractivity contribution is 6.33. The molecule has 18 heavy (non-hydrogen) atoms. The number of rotatable bonds is 4. The first-order valence-electron chi connectivity index (χ1n) is 6.33. The molecular formula is C14H20Cl2N2. The Kier molecular flexibility index (Phi) is 4.54. The lowest BCUT2D eigenvalue weighted by Gasteiger charge is -2.24. The Morgan fingerprint density at radius 3 is 2.89 bits per heavy atom. The van der Waals surface area contributed by atoms with Crippen molar-refractivity contribution in [2.45, 2.75) is 19.9 Å². The molecule has 0 aromatic heterocycles. The Morgan fingerprint density at radius 1 is 1.39 bits per heavy atom. The van der Waals surface area contributed by atoms with Gasteiger partial charge in [-0.25, -0.2) is 0 Å². The van der Waals surface area contributed by atoms with E-state index in [0.29, 0.717) is 5.41 Å². The zero-order valence-electron chi connectivity index (χ0n) is 11.0. The van der Waals surface area contributed by atoms with Crippen LogP contribution in [0.5, 0.6) is 0 Å². The van der Waals surface area contributed by atoms with E-state index < -0.39 is 0 Å². The summed E-state index contributed by atoms with van der Waals surface area (Å²) in [4.78, 5) is 2.45. The molecule has 1 unspecified atom stereocenters. The lowest BCUT2D eigenvalue weighted by Crippen LogP contribution is -2.32. The minimum atomic E-state index is 0.375. The number of likely N-dealkylation sites (tertiary alicyclic amines) is 1. The van der Waals surface area contributed by atoms with Gasteiger partial charge in [-0.2, -0.15) is 0 Å². The largest absolute Gasteiger partial charge is 0.319 e. The van der Waals surface area contributed by atoms with Crippen LogP contribution in [0.15, 0.2) is 18.2 Å². The summed E-state index contributed by atoms with van der Waals surface area (Å²) < 4.78 is 0. The van der Waals surface area contributed by atoms with Crippen molar-refractivity contribution in [3.05, 3.63) is 33.8 Å². The molecule has 4 heteroatoms. The normalized spacial score (nSPS) is 24.7. The second-order valence-electron chi connectivity index (χ2n) is 5.54. The average molecular weight is 287 g/mol. The van der Waals surface area contributed by atoms with Crippen molar-refractivity contribution >= 4 is 23.2 Å². The summed E-state index contributed by atoms with van der Waals surface area (Å²) in [6.45, 7) is 6.52. The summed E-state index contributed by atoms with van der Waals surface area (Å²) in [5, 5.41) is 4.84. The maximum absolute atomic E-state index is 6.21. The Hall–Kier alpha value is -0.280. The second kappa shape index (κ2) is 5.79. The van der Waals surface area contributed by atoms with E-state index in [2.05, 4.69) is 17.1 Å². The summed E-state index contributed by atoms with van der Waals surface area (Å²) in [6, 6.07) is 5.68. The SMILES string of the molecule is CNCC1(C)CCN(Cc2cc(Cl)ccc2Cl)C1. The van der Waals surface area contributed by atoms with Gasteiger partial charge in [-0.3, -0.25) is 4.90 Å². The first-order chi connectivity index (χ1) is 8.52. The van der Waals surface area contributed by atoms with Crippen LogP contribution in [0.25, 0.3) is 0 Å². The first kappa shape index (κ1) is 14.1. The van der Waals surface area contributed by atoms with Crippen molar-refractivity contribution in [3.63, 3.8) is 0 Å². The summed E-state index contributed by atoms with van der Waals surface area (Å²) in [5.74, 6) is 0. The Morgan fingerprint density at radius 2 is 2.17 bits per heavy atom. The molecule has 1 saturated heterocycles. The van der Waals surface area contributed by atoms with Crippen molar-refractivity contribution in [1.29, 1.82) is 0 Å². The summed E-state index contributed by atoms with van der Waals surface area (Å²) >= 11 is 12.2. The molecule has 0 aliphatic carbocycles. The van der Waals surface area contributed by atoms with Gasteiger partial charge in [0, 0.05) is 29.7 Å². The van der Waals surface area contributed by atoms with Gasteiger partial charge in [-0.05, 0) is 49.2 Å². The molecular weight excluding hydrogens is 267 g/mol. The molecule has 1 heterocycles. The molecule has 1 fully saturated rings. The summed E-state index contributed by atoms with van der Waals surface area (Å²) in [7, 11) is 2.02. The highest BCUT2D eigenvalue weighted by Gasteiger charge is 2.33. The molecule has 1 N–H and O–H groups in total. The van der Waals surface area contributed by atoms with Gasteiger partial charge in [0.1, 0.15) is 0 Å². The van der Waals surface area contributed by atoms with Crippen LogP contribution in [0.2, 0.25) is 10.0 Å². The molecule has 2 rings (SSSR count). The molecule has 1 aliphatic heterocycles. The molecule has 0 amide bonds. The zero-order valence-corrected chi connectivity index (χ0v) is 12.5. The van der Waals surface area contributed by atoms with E-state index >= 15 is 0 Å². The molecule has 1 atom stereocenters. The number of nitrogens with one attached hydrogen (secondary N) is 1. The molecule has 0 saturated carbocycles. The summed E-state index contributed by atoms with van der Waals surface area (Å²) in [5.41, 5.74) is 1.50. The van der Waals surface area contributed by atoms with Crippen molar-refractivity contribution in [2.75, 3.05) is 26.7 Å². The van der Waals surface area contributed by atoms with Gasteiger partial charge in [0.15, 0.2) is 0 Å². The third kappa shape index (κ3) is 3.39. The van der Waals surface area contributed by atoms with E-state index in [4.69, 9.17) is 23.2 Å². The monoisotopic (exact) mass is 286 g/mol. The minimum Gasteiger partial charge on any atom is -0.319 e. The van der Waals surface area contributed by atoms with Gasteiger partial charge >= 0.3 is 0 Å². The zero-order chi connectivity index (χ0) is 13.2. The lowest BCUT2D eigenvalue weighted by atomic mass is 9.90. The fraction of sp³-hybridized carbons (Fsp3) is 0.571. The van der Waals surface area contributed by atoms with Crippen LogP contribution in [0, 0.1) is 5.41 Å². The average Bonchev–Trinajstić information content (AvgIpc) is 2.66. The molecule has 1 aromatic carbocycles. The Labute approximate surface area is 119 Å². The lowest BCUT2D eigenvalue weighted by molar-refractivity contribution is 0.265. The van der Waals surface area contributed by atoms with Gasteiger partial charge in [0.05, 0.1) is 0 Å². The van der Waals surface area contributed by atoms with Crippen molar-refractivity contribution < 1.29 is 0 Å². The fourth-order valence-corrected chi connectivity index (χ4v) is 3.11. The highest BCUT2D eigenvalue weighted by Crippen LogP contribution is 2.31. The van der Waals surface area contributed by atoms with E-state index in [0.717, 1.165) is 41.8 Å². The van der Waals surface area contributed by atoms with Gasteiger partial charge in [-0.1, -0.05) is 30.1 Å². The van der Waals surface area contributed by atoms with Crippen LogP contribution in [0.3, 0.4) is 0 Å². The van der Waals surface area contributed by atoms with Crippen molar-refractivity contribution in [2.24, 2.45) is 5.41 Å². The molecule has 1 aromatic rings. The van der Waals surface area contributed by atoms with E-state index in [1.165, 1.54) is 6.42 Å². The maximum Gasteiger partial charge on any atom is 0.0452 e. The van der Waals surface area contributed by atoms with E-state index in [-0.39, 0.29) is 0 Å². The quantitative estimate of drug-likeness (QED) is 0.912. The van der Waals surface area contributed by atoms with Crippen LogP contribution in [-0.2, 0) is 6.54 Å². The number of hydrogen-bond donors (Lipinski definition) is 1. The van der Waals surface area contributed by atoms with Gasteiger partial charge in [-0.15, -0.1) is 0 Å². The molecule has 100 valence electrons. The topological polar surface area (TPSA) is 15.3 Å². The van der Waals surface area contributed by atoms with Crippen LogP contribution < -0.4 is 5.32 Å². The third-order valence-electron chi connectivity index (χ3n) is 3.64. The maximum atomic E-state index is 6.21. The molecule has 0 spiro atoms. The highest BCUT2D eigenvalue weighted by atomic mass is 35.5. The van der Waals surface area contributed by atoms with E-state index in [9.17, 15) is 0 Å². The van der Waals surface area contributed by atoms with E-state index in [1.54, 1.807) is 0 Å². The van der Waals surface area contributed by atoms with Crippen molar-refractivity contribution in [1.82, 2.24) is 10.2 Å². The minimum absolute atomic E-state index is 0.375. The Bertz CT molecular complexity index is 422. The van der Waals surface area contributed by atoms with Gasteiger partial charge < -0.3 is 5.32 Å². The number of hydrogen-bond acceptors (Lipinski definition) is 2. The molecule has 0 radical (unpaired) electrons. The molecule has 1 aliphatic rings. The molecule has 0 bridgehead atoms. The van der Waals surface area contributed by atoms with Crippen molar-refractivity contribution in [3.8, 4) is 0 Å². The number of benzene rings is 1. The summed E-state index contributed by atoms with van der Waals surface area (Å²) in [6.07, 6.45) is 1.23. The smallest absolute Gasteiger partial charge is 0.0452 e. The molecule has 2 nitrogen and oxygen atoms in total. The number of nitrogens with zero attached hydrogens (tertiary/aromatic N) is 1. The standard InChI is InChI=1S/C14H20Cl2N2/c1-14(9-17-2)5-6-18(10-14)8-11-7-12(15)3-4-13(11)16/h3-4,7,17H,5-6,8-10H2,1-2H3. The van der Waals surface area contributed by atoms with Crippen LogP contribution in [-0.4, -0.2) is 31.6 Å². The first-order valence-corrected chi connectivity index (χ1v) is 7.09. The van der Waals surface area contributed by atoms with Gasteiger partial charge in [0.25, 0.3) is 0 Å².